The second kappa shape index (κ2) is 14.8. The molecule has 1 aliphatic heterocycles. The van der Waals surface area contributed by atoms with E-state index in [-0.39, 0.29) is 24.0 Å². The zero-order valence-electron chi connectivity index (χ0n) is 24.2. The molecule has 5 rings (SSSR count). The number of rotatable bonds is 12. The molecular formula is C34H35N3O6S. The first-order valence-corrected chi connectivity index (χ1v) is 15.9. The van der Waals surface area contributed by atoms with Crippen molar-refractivity contribution in [3.63, 3.8) is 0 Å². The number of carbonyl (C=O) groups excluding carboxylic acids is 2. The third kappa shape index (κ3) is 7.90. The summed E-state index contributed by atoms with van der Waals surface area (Å²) in [6, 6.07) is 33.3. The third-order valence-electron chi connectivity index (χ3n) is 7.29. The molecule has 0 saturated carbocycles. The van der Waals surface area contributed by atoms with Crippen LogP contribution in [-0.4, -0.2) is 62.3 Å². The van der Waals surface area contributed by atoms with Crippen LogP contribution in [0.4, 0.5) is 0 Å². The van der Waals surface area contributed by atoms with E-state index in [1.807, 2.05) is 91.0 Å². The van der Waals surface area contributed by atoms with Gasteiger partial charge in [0.1, 0.15) is 11.8 Å². The molecule has 44 heavy (non-hydrogen) atoms. The quantitative estimate of drug-likeness (QED) is 0.257. The van der Waals surface area contributed by atoms with Gasteiger partial charge in [-0.3, -0.25) is 9.59 Å². The number of benzene rings is 4. The molecule has 1 aliphatic rings. The summed E-state index contributed by atoms with van der Waals surface area (Å²) in [4.78, 5) is 29.3. The minimum atomic E-state index is -3.66. The van der Waals surface area contributed by atoms with Gasteiger partial charge < -0.3 is 19.7 Å². The van der Waals surface area contributed by atoms with Gasteiger partial charge in [0.15, 0.2) is 6.61 Å². The van der Waals surface area contributed by atoms with E-state index in [4.69, 9.17) is 9.47 Å². The van der Waals surface area contributed by atoms with Gasteiger partial charge in [0.25, 0.3) is 5.91 Å². The van der Waals surface area contributed by atoms with Crippen LogP contribution in [-0.2, 0) is 37.4 Å². The second-order valence-electron chi connectivity index (χ2n) is 10.3. The average molecular weight is 614 g/mol. The Kier molecular flexibility index (Phi) is 10.4. The second-order valence-corrected chi connectivity index (χ2v) is 12.2. The molecule has 4 aromatic carbocycles. The molecule has 0 spiro atoms. The molecule has 0 radical (unpaired) electrons. The Bertz CT molecular complexity index is 1610. The van der Waals surface area contributed by atoms with Crippen LogP contribution in [0, 0.1) is 0 Å². The predicted molar refractivity (Wildman–Crippen MR) is 166 cm³/mol. The fourth-order valence-electron chi connectivity index (χ4n) is 4.97. The van der Waals surface area contributed by atoms with Crippen molar-refractivity contribution >= 4 is 21.8 Å². The van der Waals surface area contributed by atoms with Gasteiger partial charge in [0.05, 0.1) is 18.1 Å². The van der Waals surface area contributed by atoms with Crippen LogP contribution in [0.2, 0.25) is 0 Å². The summed E-state index contributed by atoms with van der Waals surface area (Å²) in [5.74, 6) is -0.381. The molecule has 1 fully saturated rings. The molecule has 1 heterocycles. The first-order chi connectivity index (χ1) is 21.4. The summed E-state index contributed by atoms with van der Waals surface area (Å²) in [6.07, 6.45) is 0. The van der Waals surface area contributed by atoms with Crippen molar-refractivity contribution in [2.24, 2.45) is 0 Å². The van der Waals surface area contributed by atoms with Crippen molar-refractivity contribution in [2.45, 2.75) is 24.0 Å². The molecule has 9 nitrogen and oxygen atoms in total. The molecule has 4 aromatic rings. The van der Waals surface area contributed by atoms with Crippen LogP contribution in [0.1, 0.15) is 22.7 Å². The van der Waals surface area contributed by atoms with Crippen molar-refractivity contribution in [2.75, 3.05) is 32.9 Å². The van der Waals surface area contributed by atoms with Gasteiger partial charge in [-0.05, 0) is 41.0 Å². The van der Waals surface area contributed by atoms with Gasteiger partial charge in [0, 0.05) is 26.2 Å². The van der Waals surface area contributed by atoms with Gasteiger partial charge in [-0.2, -0.15) is 4.31 Å². The molecule has 0 bridgehead atoms. The number of ether oxygens (including phenoxy) is 2. The molecule has 0 aliphatic carbocycles. The highest BCUT2D eigenvalue weighted by Gasteiger charge is 2.32. The highest BCUT2D eigenvalue weighted by Crippen LogP contribution is 2.25. The van der Waals surface area contributed by atoms with Gasteiger partial charge in [0.2, 0.25) is 15.9 Å². The Morgan fingerprint density at radius 3 is 1.98 bits per heavy atom. The van der Waals surface area contributed by atoms with Crippen LogP contribution in [0.15, 0.2) is 120 Å². The molecule has 0 unspecified atom stereocenters. The van der Waals surface area contributed by atoms with E-state index >= 15 is 0 Å². The average Bonchev–Trinajstić information content (AvgIpc) is 3.08. The summed E-state index contributed by atoms with van der Waals surface area (Å²) in [6.45, 7) is 1.45. The largest absolute Gasteiger partial charge is 0.484 e. The van der Waals surface area contributed by atoms with Crippen LogP contribution < -0.4 is 10.1 Å². The van der Waals surface area contributed by atoms with E-state index in [0.29, 0.717) is 44.2 Å². The molecule has 1 N–H and O–H groups in total. The summed E-state index contributed by atoms with van der Waals surface area (Å²) in [5, 5.41) is 3.00. The molecule has 1 saturated heterocycles. The fourth-order valence-corrected chi connectivity index (χ4v) is 6.37. The van der Waals surface area contributed by atoms with Crippen LogP contribution >= 0.6 is 0 Å². The van der Waals surface area contributed by atoms with E-state index in [2.05, 4.69) is 5.32 Å². The van der Waals surface area contributed by atoms with Gasteiger partial charge in [-0.1, -0.05) is 91.0 Å². The van der Waals surface area contributed by atoms with Crippen LogP contribution in [0.5, 0.6) is 5.75 Å². The lowest BCUT2D eigenvalue weighted by molar-refractivity contribution is -0.143. The molecular weight excluding hydrogens is 578 g/mol. The van der Waals surface area contributed by atoms with Crippen molar-refractivity contribution in [3.05, 3.63) is 132 Å². The number of morpholine rings is 1. The summed E-state index contributed by atoms with van der Waals surface area (Å²) in [7, 11) is -3.66. The lowest BCUT2D eigenvalue weighted by Gasteiger charge is -2.31. The highest BCUT2D eigenvalue weighted by molar-refractivity contribution is 7.89. The van der Waals surface area contributed by atoms with E-state index in [1.165, 1.54) is 33.5 Å². The number of nitrogens with zero attached hydrogens (tertiary/aromatic N) is 2. The van der Waals surface area contributed by atoms with Gasteiger partial charge in [-0.15, -0.1) is 0 Å². The normalized spacial score (nSPS) is 14.4. The Labute approximate surface area is 258 Å². The first kappa shape index (κ1) is 30.9. The smallest absolute Gasteiger partial charge is 0.261 e. The number of sulfonamides is 1. The Morgan fingerprint density at radius 2 is 1.36 bits per heavy atom. The molecule has 2 amide bonds. The minimum Gasteiger partial charge on any atom is -0.484 e. The maximum atomic E-state index is 13.9. The Hall–Kier alpha value is -4.51. The predicted octanol–water partition coefficient (Wildman–Crippen LogP) is 4.17. The van der Waals surface area contributed by atoms with E-state index < -0.39 is 22.0 Å². The Morgan fingerprint density at radius 1 is 0.795 bits per heavy atom. The standard InChI is InChI=1S/C34H35N3O6S/c38-32(26-43-30-16-18-31(19-17-30)44(40,41)36-20-22-42-23-21-36)37(25-28-12-6-2-7-13-28)33(29-14-8-3-9-15-29)34(39)35-24-27-10-4-1-5-11-27/h1-19,33H,20-26H2,(H,35,39)/t33-/m1/s1. The van der Waals surface area contributed by atoms with Crippen molar-refractivity contribution in [1.29, 1.82) is 0 Å². The number of nitrogens with one attached hydrogen (secondary N) is 1. The van der Waals surface area contributed by atoms with Crippen molar-refractivity contribution < 1.29 is 27.5 Å². The van der Waals surface area contributed by atoms with E-state index in [0.717, 1.165) is 11.1 Å². The lowest BCUT2D eigenvalue weighted by Crippen LogP contribution is -2.45. The van der Waals surface area contributed by atoms with E-state index in [9.17, 15) is 18.0 Å². The molecule has 0 aromatic heterocycles. The topological polar surface area (TPSA) is 105 Å². The summed E-state index contributed by atoms with van der Waals surface area (Å²) in [5.41, 5.74) is 2.46. The Balaban J connectivity index is 1.35. The number of carbonyl (C=O) groups is 2. The number of hydrogen-bond donors (Lipinski definition) is 1. The van der Waals surface area contributed by atoms with E-state index in [1.54, 1.807) is 0 Å². The monoisotopic (exact) mass is 613 g/mol. The maximum absolute atomic E-state index is 13.9. The SMILES string of the molecule is O=C(NCc1ccccc1)[C@@H](c1ccccc1)N(Cc1ccccc1)C(=O)COc1ccc(S(=O)(=O)N2CCOCC2)cc1. The minimum absolute atomic E-state index is 0.142. The van der Waals surface area contributed by atoms with Crippen LogP contribution in [0.3, 0.4) is 0 Å². The molecule has 1 atom stereocenters. The van der Waals surface area contributed by atoms with Gasteiger partial charge >= 0.3 is 0 Å². The zero-order valence-corrected chi connectivity index (χ0v) is 25.1. The fraction of sp³-hybridized carbons (Fsp3) is 0.235. The molecule has 10 heteroatoms. The number of amides is 2. The van der Waals surface area contributed by atoms with Crippen molar-refractivity contribution in [1.82, 2.24) is 14.5 Å². The summed E-state index contributed by atoms with van der Waals surface area (Å²) < 4.78 is 38.5. The van der Waals surface area contributed by atoms with Crippen LogP contribution in [0.25, 0.3) is 0 Å². The third-order valence-corrected chi connectivity index (χ3v) is 9.21. The number of hydrogen-bond acceptors (Lipinski definition) is 6. The zero-order chi connectivity index (χ0) is 30.8. The highest BCUT2D eigenvalue weighted by atomic mass is 32.2. The molecule has 228 valence electrons. The summed E-state index contributed by atoms with van der Waals surface area (Å²) >= 11 is 0. The van der Waals surface area contributed by atoms with Gasteiger partial charge in [-0.25, -0.2) is 8.42 Å². The lowest BCUT2D eigenvalue weighted by atomic mass is 10.0. The maximum Gasteiger partial charge on any atom is 0.261 e. The van der Waals surface area contributed by atoms with Crippen molar-refractivity contribution in [3.8, 4) is 5.75 Å². The first-order valence-electron chi connectivity index (χ1n) is 14.4.